The Morgan fingerprint density at radius 1 is 1.50 bits per heavy atom. The SMILES string of the molecule is Cc1ccc(S(=O)(=O)N2CCCC2CO)cc1N. The number of rotatable bonds is 3. The van der Waals surface area contributed by atoms with E-state index < -0.39 is 10.0 Å². The zero-order chi connectivity index (χ0) is 13.3. The molecule has 2 rings (SSSR count). The van der Waals surface area contributed by atoms with Gasteiger partial charge in [0.05, 0.1) is 11.5 Å². The van der Waals surface area contributed by atoms with Crippen LogP contribution >= 0.6 is 0 Å². The van der Waals surface area contributed by atoms with Crippen molar-refractivity contribution in [3.8, 4) is 0 Å². The number of nitrogen functional groups attached to an aromatic ring is 1. The Hall–Kier alpha value is -1.11. The molecule has 0 spiro atoms. The molecule has 1 atom stereocenters. The molecule has 1 saturated heterocycles. The fourth-order valence-corrected chi connectivity index (χ4v) is 3.94. The van der Waals surface area contributed by atoms with E-state index in [0.717, 1.165) is 12.0 Å². The summed E-state index contributed by atoms with van der Waals surface area (Å²) in [6, 6.07) is 4.44. The molecule has 0 amide bonds. The summed E-state index contributed by atoms with van der Waals surface area (Å²) in [6.45, 7) is 2.15. The first-order valence-electron chi connectivity index (χ1n) is 5.95. The van der Waals surface area contributed by atoms with Crippen LogP contribution in [0.1, 0.15) is 18.4 Å². The topological polar surface area (TPSA) is 83.6 Å². The molecule has 0 saturated carbocycles. The third-order valence-corrected chi connectivity index (χ3v) is 5.34. The van der Waals surface area contributed by atoms with Crippen LogP contribution in [0.15, 0.2) is 23.1 Å². The van der Waals surface area contributed by atoms with Crippen LogP contribution in [0.3, 0.4) is 0 Å². The lowest BCUT2D eigenvalue weighted by Gasteiger charge is -2.22. The minimum absolute atomic E-state index is 0.138. The summed E-state index contributed by atoms with van der Waals surface area (Å²) in [5, 5.41) is 9.21. The molecule has 1 aliphatic rings. The molecule has 6 heteroatoms. The van der Waals surface area contributed by atoms with E-state index in [1.54, 1.807) is 12.1 Å². The van der Waals surface area contributed by atoms with E-state index in [1.807, 2.05) is 6.92 Å². The van der Waals surface area contributed by atoms with Crippen molar-refractivity contribution in [2.45, 2.75) is 30.7 Å². The summed E-state index contributed by atoms with van der Waals surface area (Å²) in [5.41, 5.74) is 7.07. The van der Waals surface area contributed by atoms with Gasteiger partial charge in [-0.1, -0.05) is 6.07 Å². The maximum absolute atomic E-state index is 12.4. The molecule has 100 valence electrons. The second kappa shape index (κ2) is 4.87. The van der Waals surface area contributed by atoms with Crippen LogP contribution in [0.25, 0.3) is 0 Å². The number of anilines is 1. The third kappa shape index (κ3) is 2.23. The van der Waals surface area contributed by atoms with Crippen LogP contribution in [-0.4, -0.2) is 37.0 Å². The van der Waals surface area contributed by atoms with E-state index in [1.165, 1.54) is 10.4 Å². The van der Waals surface area contributed by atoms with Gasteiger partial charge >= 0.3 is 0 Å². The largest absolute Gasteiger partial charge is 0.398 e. The number of nitrogens with two attached hydrogens (primary N) is 1. The molecule has 5 nitrogen and oxygen atoms in total. The van der Waals surface area contributed by atoms with Gasteiger partial charge in [0.1, 0.15) is 0 Å². The van der Waals surface area contributed by atoms with Crippen molar-refractivity contribution < 1.29 is 13.5 Å². The Kier molecular flexibility index (Phi) is 3.61. The van der Waals surface area contributed by atoms with E-state index in [-0.39, 0.29) is 17.5 Å². The summed E-state index contributed by atoms with van der Waals surface area (Å²) in [5.74, 6) is 0. The highest BCUT2D eigenvalue weighted by atomic mass is 32.2. The lowest BCUT2D eigenvalue weighted by Crippen LogP contribution is -2.37. The minimum Gasteiger partial charge on any atom is -0.398 e. The van der Waals surface area contributed by atoms with Crippen LogP contribution in [0.2, 0.25) is 0 Å². The van der Waals surface area contributed by atoms with Gasteiger partial charge in [-0.15, -0.1) is 0 Å². The number of aliphatic hydroxyl groups excluding tert-OH is 1. The molecule has 0 aromatic heterocycles. The highest BCUT2D eigenvalue weighted by molar-refractivity contribution is 7.89. The summed E-state index contributed by atoms with van der Waals surface area (Å²) in [7, 11) is -3.55. The smallest absolute Gasteiger partial charge is 0.243 e. The van der Waals surface area contributed by atoms with E-state index in [4.69, 9.17) is 5.73 Å². The van der Waals surface area contributed by atoms with Crippen LogP contribution in [0.4, 0.5) is 5.69 Å². The van der Waals surface area contributed by atoms with E-state index in [9.17, 15) is 13.5 Å². The molecule has 1 unspecified atom stereocenters. The average molecular weight is 270 g/mol. The number of hydrogen-bond donors (Lipinski definition) is 2. The predicted molar refractivity (Wildman–Crippen MR) is 69.6 cm³/mol. The fourth-order valence-electron chi connectivity index (χ4n) is 2.22. The number of nitrogens with zero attached hydrogens (tertiary/aromatic N) is 1. The van der Waals surface area contributed by atoms with Gasteiger partial charge in [-0.25, -0.2) is 8.42 Å². The maximum atomic E-state index is 12.4. The minimum atomic E-state index is -3.55. The Bertz CT molecular complexity index is 542. The second-order valence-corrected chi connectivity index (χ2v) is 6.50. The molecule has 18 heavy (non-hydrogen) atoms. The van der Waals surface area contributed by atoms with Gasteiger partial charge in [-0.2, -0.15) is 4.31 Å². The first-order chi connectivity index (χ1) is 8.46. The number of aliphatic hydroxyl groups is 1. The Balaban J connectivity index is 2.38. The molecular weight excluding hydrogens is 252 g/mol. The summed E-state index contributed by atoms with van der Waals surface area (Å²) in [6.07, 6.45) is 1.49. The van der Waals surface area contributed by atoms with Gasteiger partial charge in [0, 0.05) is 18.3 Å². The van der Waals surface area contributed by atoms with Gasteiger partial charge in [0.25, 0.3) is 0 Å². The highest BCUT2D eigenvalue weighted by Gasteiger charge is 2.34. The molecular formula is C12H18N2O3S. The van der Waals surface area contributed by atoms with Crippen molar-refractivity contribution >= 4 is 15.7 Å². The Morgan fingerprint density at radius 2 is 2.22 bits per heavy atom. The molecule has 0 radical (unpaired) electrons. The normalized spacial score (nSPS) is 21.3. The van der Waals surface area contributed by atoms with E-state index >= 15 is 0 Å². The monoisotopic (exact) mass is 270 g/mol. The van der Waals surface area contributed by atoms with Crippen LogP contribution < -0.4 is 5.73 Å². The molecule has 1 aliphatic heterocycles. The molecule has 0 aliphatic carbocycles. The van der Waals surface area contributed by atoms with Gasteiger partial charge < -0.3 is 10.8 Å². The standard InChI is InChI=1S/C12H18N2O3S/c1-9-4-5-11(7-12(9)13)18(16,17)14-6-2-3-10(14)8-15/h4-5,7,10,15H,2-3,6,8,13H2,1H3. The van der Waals surface area contributed by atoms with Gasteiger partial charge in [0.15, 0.2) is 0 Å². The van der Waals surface area contributed by atoms with Gasteiger partial charge in [-0.05, 0) is 37.5 Å². The maximum Gasteiger partial charge on any atom is 0.243 e. The average Bonchev–Trinajstić information content (AvgIpc) is 2.81. The van der Waals surface area contributed by atoms with Crippen LogP contribution in [-0.2, 0) is 10.0 Å². The van der Waals surface area contributed by atoms with Crippen molar-refractivity contribution in [2.75, 3.05) is 18.9 Å². The predicted octanol–water partition coefficient (Wildman–Crippen LogP) is 0.723. The molecule has 1 aromatic rings. The van der Waals surface area contributed by atoms with Crippen molar-refractivity contribution in [3.63, 3.8) is 0 Å². The second-order valence-electron chi connectivity index (χ2n) is 4.61. The summed E-state index contributed by atoms with van der Waals surface area (Å²) >= 11 is 0. The van der Waals surface area contributed by atoms with Crippen LogP contribution in [0, 0.1) is 6.92 Å². The van der Waals surface area contributed by atoms with Crippen molar-refractivity contribution in [1.82, 2.24) is 4.31 Å². The molecule has 1 heterocycles. The number of benzene rings is 1. The van der Waals surface area contributed by atoms with E-state index in [2.05, 4.69) is 0 Å². The van der Waals surface area contributed by atoms with Crippen molar-refractivity contribution in [2.24, 2.45) is 0 Å². The quantitative estimate of drug-likeness (QED) is 0.793. The zero-order valence-corrected chi connectivity index (χ0v) is 11.2. The molecule has 1 aromatic carbocycles. The van der Waals surface area contributed by atoms with Crippen LogP contribution in [0.5, 0.6) is 0 Å². The lowest BCUT2D eigenvalue weighted by atomic mass is 10.2. The third-order valence-electron chi connectivity index (χ3n) is 3.39. The molecule has 0 bridgehead atoms. The van der Waals surface area contributed by atoms with E-state index in [0.29, 0.717) is 18.7 Å². The van der Waals surface area contributed by atoms with Gasteiger partial charge in [-0.3, -0.25) is 0 Å². The zero-order valence-electron chi connectivity index (χ0n) is 10.3. The summed E-state index contributed by atoms with van der Waals surface area (Å²) < 4.78 is 26.2. The number of aryl methyl sites for hydroxylation is 1. The Morgan fingerprint density at radius 3 is 2.83 bits per heavy atom. The first kappa shape index (κ1) is 13.3. The fraction of sp³-hybridized carbons (Fsp3) is 0.500. The van der Waals surface area contributed by atoms with Crippen molar-refractivity contribution in [3.05, 3.63) is 23.8 Å². The lowest BCUT2D eigenvalue weighted by molar-refractivity contribution is 0.213. The highest BCUT2D eigenvalue weighted by Crippen LogP contribution is 2.27. The summed E-state index contributed by atoms with van der Waals surface area (Å²) in [4.78, 5) is 0.200. The molecule has 1 fully saturated rings. The van der Waals surface area contributed by atoms with Gasteiger partial charge in [0.2, 0.25) is 10.0 Å². The van der Waals surface area contributed by atoms with Crippen molar-refractivity contribution in [1.29, 1.82) is 0 Å². The number of sulfonamides is 1. The molecule has 3 N–H and O–H groups in total. The first-order valence-corrected chi connectivity index (χ1v) is 7.39. The number of hydrogen-bond acceptors (Lipinski definition) is 4. The Labute approximate surface area is 107 Å².